The van der Waals surface area contributed by atoms with Crippen LogP contribution in [0.25, 0.3) is 0 Å². The van der Waals surface area contributed by atoms with E-state index in [1.54, 1.807) is 5.57 Å². The molecule has 0 aromatic rings. The monoisotopic (exact) mass is 474 g/mol. The van der Waals surface area contributed by atoms with E-state index in [2.05, 4.69) is 60.3 Å². The number of allylic oxidation sites excluding steroid dienone is 3. The first-order valence-corrected chi connectivity index (χ1v) is 14.8. The first kappa shape index (κ1) is 26.9. The van der Waals surface area contributed by atoms with E-state index in [0.29, 0.717) is 17.3 Å². The molecule has 0 amide bonds. The Morgan fingerprint density at radius 3 is 2.48 bits per heavy atom. The molecule has 3 fully saturated rings. The van der Waals surface area contributed by atoms with Gasteiger partial charge in [0.2, 0.25) is 0 Å². The van der Waals surface area contributed by atoms with E-state index in [1.807, 2.05) is 0 Å². The van der Waals surface area contributed by atoms with Gasteiger partial charge in [-0.2, -0.15) is 0 Å². The minimum absolute atomic E-state index is 0.0988. The average Bonchev–Trinajstić information content (AvgIpc) is 3.54. The lowest BCUT2D eigenvalue weighted by Gasteiger charge is -2.47. The molecule has 3 rings (SSSR count). The summed E-state index contributed by atoms with van der Waals surface area (Å²) in [6.45, 7) is 17.9. The average molecular weight is 475 g/mol. The van der Waals surface area contributed by atoms with Crippen molar-refractivity contribution in [1.29, 1.82) is 0 Å². The minimum atomic E-state index is -0.733. The molecule has 0 bridgehead atoms. The number of aliphatic hydroxyl groups excluding tert-OH is 1. The van der Waals surface area contributed by atoms with Gasteiger partial charge < -0.3 is 5.11 Å². The quantitative estimate of drug-likeness (QED) is 0.386. The smallest absolute Gasteiger partial charge is 0.0787 e. The Morgan fingerprint density at radius 2 is 1.88 bits per heavy atom. The van der Waals surface area contributed by atoms with Gasteiger partial charge in [0.1, 0.15) is 0 Å². The van der Waals surface area contributed by atoms with Crippen LogP contribution >= 0.6 is 0 Å². The Bertz CT molecular complexity index is 795. The molecule has 1 N–H and O–H groups in total. The maximum atomic E-state index is 13.1. The zero-order chi connectivity index (χ0) is 24.4. The van der Waals surface area contributed by atoms with Crippen molar-refractivity contribution in [2.24, 2.45) is 17.3 Å². The summed E-state index contributed by atoms with van der Waals surface area (Å²) < 4.78 is 13.1. The Kier molecular flexibility index (Phi) is 8.59. The van der Waals surface area contributed by atoms with E-state index in [4.69, 9.17) is 0 Å². The van der Waals surface area contributed by atoms with Gasteiger partial charge in [0.15, 0.2) is 0 Å². The molecular weight excluding hydrogens is 424 g/mol. The maximum absolute atomic E-state index is 13.1. The predicted molar refractivity (Wildman–Crippen MR) is 144 cm³/mol. The van der Waals surface area contributed by atoms with E-state index in [0.717, 1.165) is 44.1 Å². The summed E-state index contributed by atoms with van der Waals surface area (Å²) in [7, 11) is -0.733. The van der Waals surface area contributed by atoms with Gasteiger partial charge in [0.05, 0.1) is 6.10 Å². The van der Waals surface area contributed by atoms with Gasteiger partial charge in [-0.25, -0.2) is 0 Å². The third-order valence-electron chi connectivity index (χ3n) is 9.33. The zero-order valence-electron chi connectivity index (χ0n) is 22.3. The van der Waals surface area contributed by atoms with Crippen LogP contribution in [-0.4, -0.2) is 24.9 Å². The second-order valence-corrected chi connectivity index (χ2v) is 15.1. The number of rotatable bonds is 8. The highest BCUT2D eigenvalue weighted by Crippen LogP contribution is 2.53. The molecule has 0 saturated heterocycles. The molecule has 188 valence electrons. The summed E-state index contributed by atoms with van der Waals surface area (Å²) in [5, 5.41) is 10.2. The van der Waals surface area contributed by atoms with Crippen molar-refractivity contribution in [3.63, 3.8) is 0 Å². The van der Waals surface area contributed by atoms with E-state index in [1.165, 1.54) is 44.1 Å². The summed E-state index contributed by atoms with van der Waals surface area (Å²) in [4.78, 5) is 0. The first-order chi connectivity index (χ1) is 15.4. The number of hydrogen-bond acceptors (Lipinski definition) is 2. The van der Waals surface area contributed by atoms with Gasteiger partial charge in [-0.3, -0.25) is 4.21 Å². The van der Waals surface area contributed by atoms with Gasteiger partial charge in [-0.05, 0) is 113 Å². The standard InChI is InChI=1S/C30H50O2S/c1-8-26(14-11-19-30(20-21-30)33(32)28(4,5)6)29(7)18-10-13-25(23(29)3)17-16-24-12-9-15-27(31)22(24)2/h16-17,23,26-27,31H,2,8-15,18-21H2,1,3-7H3/b24-16-,25-17+/t23?,26?,27-,29?,33?/m0/s1. The molecule has 0 aliphatic heterocycles. The topological polar surface area (TPSA) is 37.3 Å². The van der Waals surface area contributed by atoms with Crippen molar-refractivity contribution in [2.75, 3.05) is 0 Å². The van der Waals surface area contributed by atoms with Crippen molar-refractivity contribution < 1.29 is 9.32 Å². The molecule has 3 aliphatic rings. The molecular formula is C30H50O2S. The predicted octanol–water partition coefficient (Wildman–Crippen LogP) is 8.04. The van der Waals surface area contributed by atoms with Crippen molar-refractivity contribution >= 4 is 10.8 Å². The summed E-state index contributed by atoms with van der Waals surface area (Å²) in [6.07, 6.45) is 18.2. The second kappa shape index (κ2) is 10.5. The first-order valence-electron chi connectivity index (χ1n) is 13.6. The fourth-order valence-electron chi connectivity index (χ4n) is 6.74. The van der Waals surface area contributed by atoms with Crippen LogP contribution in [0.1, 0.15) is 119 Å². The van der Waals surface area contributed by atoms with Gasteiger partial charge in [-0.1, -0.05) is 57.9 Å². The molecule has 0 aromatic heterocycles. The van der Waals surface area contributed by atoms with Crippen molar-refractivity contribution in [2.45, 2.75) is 134 Å². The normalized spacial score (nSPS) is 34.5. The Labute approximate surface area is 206 Å². The summed E-state index contributed by atoms with van der Waals surface area (Å²) in [5.41, 5.74) is 4.09. The third kappa shape index (κ3) is 5.95. The highest BCUT2D eigenvalue weighted by molar-refractivity contribution is 7.88. The maximum Gasteiger partial charge on any atom is 0.0787 e. The van der Waals surface area contributed by atoms with Gasteiger partial charge in [-0.15, -0.1) is 0 Å². The molecule has 5 atom stereocenters. The van der Waals surface area contributed by atoms with Gasteiger partial charge in [0.25, 0.3) is 0 Å². The highest BCUT2D eigenvalue weighted by Gasteiger charge is 2.51. The SMILES string of the molecule is C=C1/C(=C\C=C2/CCCC(C)(C(CC)CCCC3(S(=O)C(C)(C)C)CC3)C2C)CCC[C@@H]1O. The fraction of sp³-hybridized carbons (Fsp3) is 0.800. The molecule has 3 heteroatoms. The Hall–Kier alpha value is -0.670. The van der Waals surface area contributed by atoms with Crippen LogP contribution in [-0.2, 0) is 10.8 Å². The molecule has 0 radical (unpaired) electrons. The number of hydrogen-bond donors (Lipinski definition) is 1. The highest BCUT2D eigenvalue weighted by atomic mass is 32.2. The lowest BCUT2D eigenvalue weighted by atomic mass is 9.58. The lowest BCUT2D eigenvalue weighted by Crippen LogP contribution is -2.38. The van der Waals surface area contributed by atoms with Crippen LogP contribution < -0.4 is 0 Å². The molecule has 3 saturated carbocycles. The fourth-order valence-corrected chi connectivity index (χ4v) is 8.84. The van der Waals surface area contributed by atoms with Crippen LogP contribution in [0.4, 0.5) is 0 Å². The molecule has 4 unspecified atom stereocenters. The zero-order valence-corrected chi connectivity index (χ0v) is 23.2. The minimum Gasteiger partial charge on any atom is -0.388 e. The largest absolute Gasteiger partial charge is 0.388 e. The third-order valence-corrected chi connectivity index (χ3v) is 11.8. The van der Waals surface area contributed by atoms with Crippen LogP contribution in [0, 0.1) is 17.3 Å². The van der Waals surface area contributed by atoms with Gasteiger partial charge in [0, 0.05) is 20.3 Å². The molecule has 2 nitrogen and oxygen atoms in total. The lowest BCUT2D eigenvalue weighted by molar-refractivity contribution is 0.0750. The Balaban J connectivity index is 1.66. The molecule has 0 aromatic carbocycles. The van der Waals surface area contributed by atoms with Crippen LogP contribution in [0.3, 0.4) is 0 Å². The summed E-state index contributed by atoms with van der Waals surface area (Å²) >= 11 is 0. The second-order valence-electron chi connectivity index (χ2n) is 12.5. The Morgan fingerprint density at radius 1 is 1.18 bits per heavy atom. The van der Waals surface area contributed by atoms with Crippen molar-refractivity contribution in [1.82, 2.24) is 0 Å². The summed E-state index contributed by atoms with van der Waals surface area (Å²) in [5.74, 6) is 1.29. The van der Waals surface area contributed by atoms with E-state index in [9.17, 15) is 9.32 Å². The molecule has 0 heterocycles. The van der Waals surface area contributed by atoms with Crippen LogP contribution in [0.2, 0.25) is 0 Å². The molecule has 0 spiro atoms. The van der Waals surface area contributed by atoms with E-state index >= 15 is 0 Å². The van der Waals surface area contributed by atoms with Crippen LogP contribution in [0.15, 0.2) is 35.5 Å². The number of aliphatic hydroxyl groups is 1. The summed E-state index contributed by atoms with van der Waals surface area (Å²) in [6, 6.07) is 0. The molecule has 33 heavy (non-hydrogen) atoms. The van der Waals surface area contributed by atoms with Crippen molar-refractivity contribution in [3.8, 4) is 0 Å². The molecule has 3 aliphatic carbocycles. The van der Waals surface area contributed by atoms with Crippen LogP contribution in [0.5, 0.6) is 0 Å². The van der Waals surface area contributed by atoms with E-state index < -0.39 is 10.8 Å². The van der Waals surface area contributed by atoms with E-state index in [-0.39, 0.29) is 15.6 Å². The van der Waals surface area contributed by atoms with Gasteiger partial charge >= 0.3 is 0 Å². The van der Waals surface area contributed by atoms with Crippen molar-refractivity contribution in [3.05, 3.63) is 35.5 Å².